The Morgan fingerprint density at radius 3 is 2.20 bits per heavy atom. The van der Waals surface area contributed by atoms with Crippen molar-refractivity contribution in [2.75, 3.05) is 6.61 Å². The van der Waals surface area contributed by atoms with E-state index in [2.05, 4.69) is 13.8 Å². The van der Waals surface area contributed by atoms with Crippen molar-refractivity contribution in [2.24, 2.45) is 11.3 Å². The van der Waals surface area contributed by atoms with Crippen LogP contribution in [0.4, 0.5) is 0 Å². The molecule has 0 bridgehead atoms. The fraction of sp³-hybridized carbons (Fsp3) is 0.875. The van der Waals surface area contributed by atoms with Gasteiger partial charge in [-0.25, -0.2) is 0 Å². The van der Waals surface area contributed by atoms with Crippen LogP contribution in [0, 0.1) is 11.3 Å². The van der Waals surface area contributed by atoms with Crippen LogP contribution in [0.2, 0.25) is 0 Å². The minimum atomic E-state index is -1.36. The van der Waals surface area contributed by atoms with Crippen LogP contribution in [0.15, 0.2) is 0 Å². The molecule has 0 aromatic heterocycles. The molecule has 0 aliphatic rings. The molecular weight excluding hydrogens is 256 g/mol. The molecule has 0 aromatic carbocycles. The maximum Gasteiger partial charge on any atom is 0.323 e. The van der Waals surface area contributed by atoms with Crippen LogP contribution in [-0.2, 0) is 14.3 Å². The Morgan fingerprint density at radius 1 is 1.15 bits per heavy atom. The first-order chi connectivity index (χ1) is 9.48. The molecule has 1 N–H and O–H groups in total. The summed E-state index contributed by atoms with van der Waals surface area (Å²) in [6, 6.07) is 0. The molecule has 0 spiro atoms. The summed E-state index contributed by atoms with van der Waals surface area (Å²) < 4.78 is 5.05. The van der Waals surface area contributed by atoms with Crippen molar-refractivity contribution < 1.29 is 19.4 Å². The molecule has 4 heteroatoms. The number of carbonyl (C=O) groups excluding carboxylic acids is 1. The minimum Gasteiger partial charge on any atom is -0.480 e. The van der Waals surface area contributed by atoms with Gasteiger partial charge in [-0.1, -0.05) is 52.9 Å². The van der Waals surface area contributed by atoms with Crippen molar-refractivity contribution in [3.05, 3.63) is 0 Å². The summed E-state index contributed by atoms with van der Waals surface area (Å²) in [4.78, 5) is 24.0. The summed E-state index contributed by atoms with van der Waals surface area (Å²) in [7, 11) is 0. The van der Waals surface area contributed by atoms with E-state index in [1.54, 1.807) is 6.92 Å². The van der Waals surface area contributed by atoms with E-state index < -0.39 is 17.4 Å². The van der Waals surface area contributed by atoms with Gasteiger partial charge < -0.3 is 9.84 Å². The lowest BCUT2D eigenvalue weighted by Crippen LogP contribution is -2.42. The average molecular weight is 286 g/mol. The SMILES string of the molecule is CCCCC(CC)CC(CCC)(C(=O)O)C(=O)OCC. The van der Waals surface area contributed by atoms with Crippen molar-refractivity contribution in [1.82, 2.24) is 0 Å². The maximum atomic E-state index is 12.2. The van der Waals surface area contributed by atoms with Crippen LogP contribution < -0.4 is 0 Å². The third-order valence-electron chi connectivity index (χ3n) is 3.93. The second-order valence-electron chi connectivity index (χ2n) is 5.48. The predicted molar refractivity (Wildman–Crippen MR) is 79.5 cm³/mol. The molecule has 0 radical (unpaired) electrons. The van der Waals surface area contributed by atoms with E-state index in [1.807, 2.05) is 6.92 Å². The van der Waals surface area contributed by atoms with Gasteiger partial charge in [-0.05, 0) is 25.7 Å². The molecule has 0 amide bonds. The van der Waals surface area contributed by atoms with Gasteiger partial charge in [0.2, 0.25) is 0 Å². The molecule has 0 saturated carbocycles. The lowest BCUT2D eigenvalue weighted by molar-refractivity contribution is -0.171. The average Bonchev–Trinajstić information content (AvgIpc) is 2.42. The summed E-state index contributed by atoms with van der Waals surface area (Å²) in [6.45, 7) is 8.02. The van der Waals surface area contributed by atoms with Gasteiger partial charge in [0.25, 0.3) is 0 Å². The van der Waals surface area contributed by atoms with Crippen molar-refractivity contribution >= 4 is 11.9 Å². The molecule has 0 fully saturated rings. The second-order valence-corrected chi connectivity index (χ2v) is 5.48. The number of carbonyl (C=O) groups is 2. The number of unbranched alkanes of at least 4 members (excludes halogenated alkanes) is 1. The Bertz CT molecular complexity index is 301. The van der Waals surface area contributed by atoms with Gasteiger partial charge in [-0.3, -0.25) is 9.59 Å². The van der Waals surface area contributed by atoms with Crippen LogP contribution >= 0.6 is 0 Å². The molecular formula is C16H30O4. The lowest BCUT2D eigenvalue weighted by Gasteiger charge is -2.30. The van der Waals surface area contributed by atoms with Crippen molar-refractivity contribution in [3.8, 4) is 0 Å². The molecule has 2 unspecified atom stereocenters. The molecule has 0 aromatic rings. The molecule has 2 atom stereocenters. The van der Waals surface area contributed by atoms with Crippen molar-refractivity contribution in [2.45, 2.75) is 72.6 Å². The van der Waals surface area contributed by atoms with E-state index in [9.17, 15) is 14.7 Å². The smallest absolute Gasteiger partial charge is 0.323 e. The molecule has 0 aliphatic carbocycles. The van der Waals surface area contributed by atoms with Crippen molar-refractivity contribution in [3.63, 3.8) is 0 Å². The van der Waals surface area contributed by atoms with Crippen molar-refractivity contribution in [1.29, 1.82) is 0 Å². The van der Waals surface area contributed by atoms with E-state index in [-0.39, 0.29) is 12.5 Å². The molecule has 0 heterocycles. The predicted octanol–water partition coefficient (Wildman–Crippen LogP) is 4.03. The van der Waals surface area contributed by atoms with Crippen LogP contribution in [-0.4, -0.2) is 23.7 Å². The van der Waals surface area contributed by atoms with Gasteiger partial charge >= 0.3 is 11.9 Å². The number of ether oxygens (including phenoxy) is 1. The van der Waals surface area contributed by atoms with E-state index in [0.29, 0.717) is 19.3 Å². The summed E-state index contributed by atoms with van der Waals surface area (Å²) in [5.41, 5.74) is -1.36. The van der Waals surface area contributed by atoms with Gasteiger partial charge in [-0.2, -0.15) is 0 Å². The third kappa shape index (κ3) is 5.14. The number of hydrogen-bond donors (Lipinski definition) is 1. The molecule has 20 heavy (non-hydrogen) atoms. The molecule has 0 rings (SSSR count). The molecule has 0 aliphatic heterocycles. The van der Waals surface area contributed by atoms with Gasteiger partial charge in [0.05, 0.1) is 6.61 Å². The summed E-state index contributed by atoms with van der Waals surface area (Å²) in [5.74, 6) is -1.33. The Balaban J connectivity index is 5.16. The number of esters is 1. The van der Waals surface area contributed by atoms with Crippen LogP contribution in [0.1, 0.15) is 72.6 Å². The largest absolute Gasteiger partial charge is 0.480 e. The highest BCUT2D eigenvalue weighted by Gasteiger charge is 2.47. The molecule has 118 valence electrons. The van der Waals surface area contributed by atoms with Gasteiger partial charge in [0, 0.05) is 0 Å². The zero-order valence-corrected chi connectivity index (χ0v) is 13.4. The quantitative estimate of drug-likeness (QED) is 0.460. The van der Waals surface area contributed by atoms with Crippen LogP contribution in [0.25, 0.3) is 0 Å². The number of carboxylic acid groups (broad SMARTS) is 1. The third-order valence-corrected chi connectivity index (χ3v) is 3.93. The lowest BCUT2D eigenvalue weighted by atomic mass is 9.74. The molecule has 0 saturated heterocycles. The van der Waals surface area contributed by atoms with Gasteiger partial charge in [0.15, 0.2) is 5.41 Å². The van der Waals surface area contributed by atoms with Gasteiger partial charge in [-0.15, -0.1) is 0 Å². The number of rotatable bonds is 11. The first-order valence-corrected chi connectivity index (χ1v) is 7.88. The fourth-order valence-corrected chi connectivity index (χ4v) is 2.70. The highest BCUT2D eigenvalue weighted by atomic mass is 16.5. The standard InChI is InChI=1S/C16H30O4/c1-5-9-10-13(7-3)12-16(11-6-2,14(17)18)15(19)20-8-4/h13H,5-12H2,1-4H3,(H,17,18). The minimum absolute atomic E-state index is 0.226. The number of carboxylic acids is 1. The Labute approximate surface area is 122 Å². The number of aliphatic carboxylic acids is 1. The Hall–Kier alpha value is -1.06. The topological polar surface area (TPSA) is 63.6 Å². The highest BCUT2D eigenvalue weighted by Crippen LogP contribution is 2.37. The van der Waals surface area contributed by atoms with E-state index in [1.165, 1.54) is 0 Å². The second kappa shape index (κ2) is 9.78. The van der Waals surface area contributed by atoms with Crippen LogP contribution in [0.3, 0.4) is 0 Å². The van der Waals surface area contributed by atoms with E-state index >= 15 is 0 Å². The number of hydrogen-bond acceptors (Lipinski definition) is 3. The summed E-state index contributed by atoms with van der Waals surface area (Å²) in [5, 5.41) is 9.62. The Kier molecular flexibility index (Phi) is 9.26. The highest BCUT2D eigenvalue weighted by molar-refractivity contribution is 5.99. The first-order valence-electron chi connectivity index (χ1n) is 7.88. The fourth-order valence-electron chi connectivity index (χ4n) is 2.70. The zero-order valence-electron chi connectivity index (χ0n) is 13.4. The summed E-state index contributed by atoms with van der Waals surface area (Å²) >= 11 is 0. The Morgan fingerprint density at radius 2 is 1.80 bits per heavy atom. The zero-order chi connectivity index (χ0) is 15.6. The monoisotopic (exact) mass is 286 g/mol. The maximum absolute atomic E-state index is 12.2. The van der Waals surface area contributed by atoms with E-state index in [4.69, 9.17) is 4.74 Å². The molecule has 4 nitrogen and oxygen atoms in total. The van der Waals surface area contributed by atoms with E-state index in [0.717, 1.165) is 25.7 Å². The van der Waals surface area contributed by atoms with Crippen LogP contribution in [0.5, 0.6) is 0 Å². The first kappa shape index (κ1) is 18.9. The summed E-state index contributed by atoms with van der Waals surface area (Å²) in [6.07, 6.45) is 5.45. The normalized spacial score (nSPS) is 15.4. The van der Waals surface area contributed by atoms with Gasteiger partial charge in [0.1, 0.15) is 0 Å².